The molecule has 5 nitrogen and oxygen atoms in total. The van der Waals surface area contributed by atoms with Crippen LogP contribution in [-0.2, 0) is 18.9 Å². The van der Waals surface area contributed by atoms with Crippen molar-refractivity contribution in [2.45, 2.75) is 34.0 Å². The minimum absolute atomic E-state index is 0.188. The van der Waals surface area contributed by atoms with Gasteiger partial charge in [0.25, 0.3) is 0 Å². The van der Waals surface area contributed by atoms with Crippen molar-refractivity contribution in [2.24, 2.45) is 0 Å². The summed E-state index contributed by atoms with van der Waals surface area (Å²) in [4.78, 5) is 0. The summed E-state index contributed by atoms with van der Waals surface area (Å²) in [5, 5.41) is 9.70. The highest BCUT2D eigenvalue weighted by Gasteiger charge is 2.21. The summed E-state index contributed by atoms with van der Waals surface area (Å²) in [6.45, 7) is 8.91. The van der Waals surface area contributed by atoms with E-state index in [-0.39, 0.29) is 11.7 Å². The van der Waals surface area contributed by atoms with Gasteiger partial charge in [0.05, 0.1) is 19.8 Å². The minimum Gasteiger partial charge on any atom is -0.487 e. The van der Waals surface area contributed by atoms with Crippen molar-refractivity contribution >= 4 is 0 Å². The third-order valence-corrected chi connectivity index (χ3v) is 1.60. The lowest BCUT2D eigenvalue weighted by Crippen LogP contribution is -2.21. The molecule has 0 saturated carbocycles. The van der Waals surface area contributed by atoms with Gasteiger partial charge in [0, 0.05) is 6.61 Å². The van der Waals surface area contributed by atoms with Crippen molar-refractivity contribution in [3.8, 4) is 0 Å². The van der Waals surface area contributed by atoms with Crippen LogP contribution in [-0.4, -0.2) is 37.8 Å². The molecule has 0 radical (unpaired) electrons. The smallest absolute Gasteiger partial charge is 0.324 e. The number of ether oxygens (including phenoxy) is 4. The van der Waals surface area contributed by atoms with E-state index in [1.165, 1.54) is 0 Å². The van der Waals surface area contributed by atoms with E-state index in [2.05, 4.69) is 0 Å². The second-order valence-electron chi connectivity index (χ2n) is 2.76. The molecule has 0 heterocycles. The van der Waals surface area contributed by atoms with Crippen molar-refractivity contribution < 1.29 is 24.1 Å². The van der Waals surface area contributed by atoms with Crippen molar-refractivity contribution in [2.75, 3.05) is 26.4 Å². The van der Waals surface area contributed by atoms with Gasteiger partial charge in [0.15, 0.2) is 0 Å². The molecule has 96 valence electrons. The zero-order valence-corrected chi connectivity index (χ0v) is 10.5. The maximum absolute atomic E-state index is 9.70. The average molecular weight is 234 g/mol. The number of rotatable bonds is 9. The van der Waals surface area contributed by atoms with Gasteiger partial charge >= 0.3 is 5.95 Å². The minimum atomic E-state index is -1.15. The summed E-state index contributed by atoms with van der Waals surface area (Å²) in [6.07, 6.45) is -1.15. The highest BCUT2D eigenvalue weighted by atomic mass is 16.7. The summed E-state index contributed by atoms with van der Waals surface area (Å²) in [7, 11) is 0. The average Bonchev–Trinajstić information content (AvgIpc) is 2.26. The third kappa shape index (κ3) is 5.23. The highest BCUT2D eigenvalue weighted by Crippen LogP contribution is 2.15. The predicted octanol–water partition coefficient (Wildman–Crippen LogP) is 1.62. The van der Waals surface area contributed by atoms with E-state index in [0.29, 0.717) is 26.4 Å². The normalized spacial score (nSPS) is 11.8. The molecule has 0 saturated heterocycles. The van der Waals surface area contributed by atoms with Crippen LogP contribution in [0.2, 0.25) is 0 Å². The Hall–Kier alpha value is -0.940. The first kappa shape index (κ1) is 15.1. The Morgan fingerprint density at radius 3 is 1.75 bits per heavy atom. The predicted molar refractivity (Wildman–Crippen MR) is 59.5 cm³/mol. The van der Waals surface area contributed by atoms with Crippen LogP contribution < -0.4 is 0 Å². The van der Waals surface area contributed by atoms with Gasteiger partial charge in [0.2, 0.25) is 12.0 Å². The lowest BCUT2D eigenvalue weighted by atomic mass is 10.5. The van der Waals surface area contributed by atoms with E-state index in [1.807, 2.05) is 20.8 Å². The molecule has 0 aliphatic heterocycles. The van der Waals surface area contributed by atoms with Crippen LogP contribution in [0.3, 0.4) is 0 Å². The van der Waals surface area contributed by atoms with E-state index in [0.717, 1.165) is 0 Å². The fraction of sp³-hybridized carbons (Fsp3) is 0.818. The van der Waals surface area contributed by atoms with E-state index in [1.54, 1.807) is 6.92 Å². The quantitative estimate of drug-likeness (QED) is 0.485. The summed E-state index contributed by atoms with van der Waals surface area (Å²) in [6, 6.07) is 0. The van der Waals surface area contributed by atoms with Gasteiger partial charge in [-0.3, -0.25) is 0 Å². The van der Waals surface area contributed by atoms with E-state index >= 15 is 0 Å². The van der Waals surface area contributed by atoms with Crippen LogP contribution in [0.1, 0.15) is 27.7 Å². The fourth-order valence-corrected chi connectivity index (χ4v) is 1.07. The van der Waals surface area contributed by atoms with Crippen molar-refractivity contribution in [3.63, 3.8) is 0 Å². The molecule has 1 unspecified atom stereocenters. The number of hydrogen-bond acceptors (Lipinski definition) is 5. The zero-order valence-electron chi connectivity index (χ0n) is 10.5. The number of hydrogen-bond donors (Lipinski definition) is 1. The Morgan fingerprint density at radius 1 is 0.875 bits per heavy atom. The molecule has 5 heteroatoms. The topological polar surface area (TPSA) is 57.2 Å². The SMILES string of the molecule is CCOC(OCC)=C(OCC)C(O)OCC. The molecule has 0 spiro atoms. The molecule has 0 aromatic carbocycles. The maximum atomic E-state index is 9.70. The molecule has 0 bridgehead atoms. The third-order valence-electron chi connectivity index (χ3n) is 1.60. The molecule has 16 heavy (non-hydrogen) atoms. The van der Waals surface area contributed by atoms with Crippen LogP contribution in [0.15, 0.2) is 11.7 Å². The Kier molecular flexibility index (Phi) is 8.75. The Morgan fingerprint density at radius 2 is 1.38 bits per heavy atom. The lowest BCUT2D eigenvalue weighted by Gasteiger charge is -2.19. The van der Waals surface area contributed by atoms with Crippen molar-refractivity contribution in [3.05, 3.63) is 11.7 Å². The van der Waals surface area contributed by atoms with Crippen LogP contribution in [0, 0.1) is 0 Å². The van der Waals surface area contributed by atoms with Gasteiger partial charge in [-0.2, -0.15) is 0 Å². The standard InChI is InChI=1S/C11H22O5/c1-5-13-9(10(12)14-6-2)11(15-7-3)16-8-4/h10,12H,5-8H2,1-4H3. The van der Waals surface area contributed by atoms with Gasteiger partial charge < -0.3 is 24.1 Å². The highest BCUT2D eigenvalue weighted by molar-refractivity contribution is 4.98. The van der Waals surface area contributed by atoms with Gasteiger partial charge in [-0.1, -0.05) is 0 Å². The maximum Gasteiger partial charge on any atom is 0.324 e. The molecule has 1 N–H and O–H groups in total. The number of aliphatic hydroxyl groups is 1. The Bertz CT molecular complexity index is 195. The molecule has 0 aliphatic rings. The second kappa shape index (κ2) is 9.30. The molecule has 0 fully saturated rings. The van der Waals surface area contributed by atoms with Crippen molar-refractivity contribution in [1.82, 2.24) is 0 Å². The monoisotopic (exact) mass is 234 g/mol. The summed E-state index contributed by atoms with van der Waals surface area (Å²) >= 11 is 0. The first-order valence-corrected chi connectivity index (χ1v) is 5.63. The Labute approximate surface area is 96.9 Å². The largest absolute Gasteiger partial charge is 0.487 e. The lowest BCUT2D eigenvalue weighted by molar-refractivity contribution is -0.112. The first-order chi connectivity index (χ1) is 7.71. The van der Waals surface area contributed by atoms with Crippen LogP contribution in [0.5, 0.6) is 0 Å². The molecule has 0 amide bonds. The zero-order chi connectivity index (χ0) is 12.4. The second-order valence-corrected chi connectivity index (χ2v) is 2.76. The molecular weight excluding hydrogens is 212 g/mol. The van der Waals surface area contributed by atoms with Gasteiger partial charge in [-0.15, -0.1) is 0 Å². The van der Waals surface area contributed by atoms with Gasteiger partial charge in [0.1, 0.15) is 0 Å². The van der Waals surface area contributed by atoms with Crippen LogP contribution >= 0.6 is 0 Å². The molecule has 0 aromatic heterocycles. The summed E-state index contributed by atoms with van der Waals surface area (Å²) in [5.74, 6) is 0.376. The number of aliphatic hydroxyl groups excluding tert-OH is 1. The molecule has 0 aromatic rings. The summed E-state index contributed by atoms with van der Waals surface area (Å²) < 4.78 is 20.8. The Balaban J connectivity index is 4.79. The summed E-state index contributed by atoms with van der Waals surface area (Å²) in [5.41, 5.74) is 0. The van der Waals surface area contributed by atoms with Gasteiger partial charge in [-0.25, -0.2) is 0 Å². The van der Waals surface area contributed by atoms with Gasteiger partial charge in [-0.05, 0) is 27.7 Å². The van der Waals surface area contributed by atoms with Crippen molar-refractivity contribution in [1.29, 1.82) is 0 Å². The molecule has 0 rings (SSSR count). The first-order valence-electron chi connectivity index (χ1n) is 5.63. The fourth-order valence-electron chi connectivity index (χ4n) is 1.07. The van der Waals surface area contributed by atoms with E-state index < -0.39 is 6.29 Å². The molecule has 1 atom stereocenters. The molecule has 0 aliphatic carbocycles. The van der Waals surface area contributed by atoms with Crippen LogP contribution in [0.25, 0.3) is 0 Å². The molecular formula is C11H22O5. The van der Waals surface area contributed by atoms with E-state index in [4.69, 9.17) is 18.9 Å². The van der Waals surface area contributed by atoms with Crippen LogP contribution in [0.4, 0.5) is 0 Å². The van der Waals surface area contributed by atoms with E-state index in [9.17, 15) is 5.11 Å².